The monoisotopic (exact) mass is 561 g/mol. The Morgan fingerprint density at radius 3 is 2.47 bits per heavy atom. The van der Waals surface area contributed by atoms with E-state index < -0.39 is 0 Å². The number of para-hydroxylation sites is 2. The number of halogens is 3. The van der Waals surface area contributed by atoms with Crippen molar-refractivity contribution in [3.05, 3.63) is 135 Å². The molecule has 1 amide bonds. The number of rotatable bonds is 8. The quantitative estimate of drug-likeness (QED) is 0.154. The lowest BCUT2D eigenvalue weighted by atomic mass is 10.2. The van der Waals surface area contributed by atoms with Crippen LogP contribution in [0.15, 0.2) is 102 Å². The first-order valence-corrected chi connectivity index (χ1v) is 12.9. The highest BCUT2D eigenvalue weighted by molar-refractivity contribution is 6.35. The van der Waals surface area contributed by atoms with Gasteiger partial charge in [0.15, 0.2) is 0 Å². The summed E-state index contributed by atoms with van der Waals surface area (Å²) in [7, 11) is 0. The van der Waals surface area contributed by atoms with Gasteiger partial charge in [0, 0.05) is 49.8 Å². The largest absolute Gasteiger partial charge is 0.488 e. The van der Waals surface area contributed by atoms with Crippen molar-refractivity contribution in [2.75, 3.05) is 0 Å². The number of ether oxygens (including phenoxy) is 1. The zero-order chi connectivity index (χ0) is 26.5. The van der Waals surface area contributed by atoms with E-state index in [2.05, 4.69) is 15.1 Å². The third-order valence-corrected chi connectivity index (χ3v) is 6.97. The molecule has 0 atom stereocenters. The molecular formula is C30H22Cl3N3O2. The molecule has 8 heteroatoms. The Kier molecular flexibility index (Phi) is 7.99. The molecule has 0 saturated heterocycles. The van der Waals surface area contributed by atoms with E-state index in [1.807, 2.05) is 66.9 Å². The van der Waals surface area contributed by atoms with Crippen molar-refractivity contribution in [2.24, 2.45) is 5.10 Å². The summed E-state index contributed by atoms with van der Waals surface area (Å²) < 4.78 is 7.99. The van der Waals surface area contributed by atoms with Crippen LogP contribution in [0.3, 0.4) is 0 Å². The van der Waals surface area contributed by atoms with E-state index in [0.717, 1.165) is 27.6 Å². The lowest BCUT2D eigenvalue weighted by Crippen LogP contribution is -2.18. The number of amides is 1. The van der Waals surface area contributed by atoms with E-state index in [9.17, 15) is 4.79 Å². The molecular weight excluding hydrogens is 541 g/mol. The fourth-order valence-electron chi connectivity index (χ4n) is 4.11. The van der Waals surface area contributed by atoms with E-state index in [1.54, 1.807) is 36.5 Å². The van der Waals surface area contributed by atoms with Gasteiger partial charge in [-0.15, -0.1) is 0 Å². The van der Waals surface area contributed by atoms with Gasteiger partial charge in [-0.2, -0.15) is 5.10 Å². The van der Waals surface area contributed by atoms with Gasteiger partial charge in [0.05, 0.1) is 11.8 Å². The third kappa shape index (κ3) is 5.86. The van der Waals surface area contributed by atoms with E-state index >= 15 is 0 Å². The van der Waals surface area contributed by atoms with Crippen LogP contribution in [0.1, 0.15) is 27.0 Å². The predicted octanol–water partition coefficient (Wildman–Crippen LogP) is 7.99. The van der Waals surface area contributed by atoms with Crippen LogP contribution >= 0.6 is 34.8 Å². The van der Waals surface area contributed by atoms with Gasteiger partial charge < -0.3 is 9.30 Å². The number of nitrogens with zero attached hydrogens (tertiary/aromatic N) is 2. The van der Waals surface area contributed by atoms with Crippen LogP contribution in [-0.4, -0.2) is 16.7 Å². The van der Waals surface area contributed by atoms with Crippen LogP contribution in [0.4, 0.5) is 0 Å². The summed E-state index contributed by atoms with van der Waals surface area (Å²) in [6.07, 6.45) is 3.61. The Bertz CT molecular complexity index is 1650. The van der Waals surface area contributed by atoms with Crippen molar-refractivity contribution in [1.82, 2.24) is 9.99 Å². The molecule has 0 bridgehead atoms. The average Bonchev–Trinajstić information content (AvgIpc) is 3.27. The maximum atomic E-state index is 12.9. The summed E-state index contributed by atoms with van der Waals surface area (Å²) in [6.45, 7) is 0.803. The molecule has 38 heavy (non-hydrogen) atoms. The zero-order valence-corrected chi connectivity index (χ0v) is 22.3. The van der Waals surface area contributed by atoms with Gasteiger partial charge in [0.2, 0.25) is 0 Å². The van der Waals surface area contributed by atoms with Crippen molar-refractivity contribution in [3.63, 3.8) is 0 Å². The lowest BCUT2D eigenvalue weighted by molar-refractivity contribution is 0.0950. The van der Waals surface area contributed by atoms with Crippen LogP contribution in [0.2, 0.25) is 15.1 Å². The van der Waals surface area contributed by atoms with Gasteiger partial charge in [0.25, 0.3) is 5.91 Å². The van der Waals surface area contributed by atoms with Crippen LogP contribution in [0, 0.1) is 0 Å². The molecule has 5 rings (SSSR count). The minimum absolute atomic E-state index is 0.240. The van der Waals surface area contributed by atoms with Gasteiger partial charge in [-0.3, -0.25) is 4.79 Å². The number of nitrogens with one attached hydrogen (secondary N) is 1. The Hall–Kier alpha value is -3.77. The van der Waals surface area contributed by atoms with Crippen LogP contribution in [0.5, 0.6) is 5.75 Å². The molecule has 5 aromatic rings. The molecule has 1 N–H and O–H groups in total. The van der Waals surface area contributed by atoms with Gasteiger partial charge in [0.1, 0.15) is 12.4 Å². The highest BCUT2D eigenvalue weighted by Crippen LogP contribution is 2.26. The smallest absolute Gasteiger partial charge is 0.275 e. The first-order valence-electron chi connectivity index (χ1n) is 11.8. The zero-order valence-electron chi connectivity index (χ0n) is 20.1. The first-order chi connectivity index (χ1) is 18.5. The molecule has 4 aromatic carbocycles. The Morgan fingerprint density at radius 1 is 0.868 bits per heavy atom. The molecule has 1 heterocycles. The summed E-state index contributed by atoms with van der Waals surface area (Å²) in [4.78, 5) is 12.9. The van der Waals surface area contributed by atoms with Crippen molar-refractivity contribution < 1.29 is 9.53 Å². The molecule has 0 unspecified atom stereocenters. The van der Waals surface area contributed by atoms with Gasteiger partial charge in [-0.05, 0) is 42.0 Å². The lowest BCUT2D eigenvalue weighted by Gasteiger charge is -2.11. The molecule has 190 valence electrons. The number of carbonyl (C=O) groups is 1. The van der Waals surface area contributed by atoms with E-state index in [1.165, 1.54) is 0 Å². The molecule has 0 aliphatic carbocycles. The molecule has 5 nitrogen and oxygen atoms in total. The second kappa shape index (κ2) is 11.7. The summed E-state index contributed by atoms with van der Waals surface area (Å²) >= 11 is 18.7. The summed E-state index contributed by atoms with van der Waals surface area (Å²) in [5.41, 5.74) is 6.64. The number of fused-ring (bicyclic) bond motifs is 1. The topological polar surface area (TPSA) is 55.6 Å². The van der Waals surface area contributed by atoms with Gasteiger partial charge in [-0.25, -0.2) is 5.43 Å². The molecule has 0 spiro atoms. The molecule has 0 radical (unpaired) electrons. The third-order valence-electron chi connectivity index (χ3n) is 6.02. The normalized spacial score (nSPS) is 11.2. The Labute approximate surface area is 235 Å². The SMILES string of the molecule is O=C(N/N=C/c1cn(Cc2ccc(Cl)cc2Cl)c2ccccc12)c1ccccc1OCc1ccccc1Cl. The molecule has 0 aliphatic heterocycles. The van der Waals surface area contributed by atoms with Gasteiger partial charge in [-0.1, -0.05) is 89.4 Å². The Morgan fingerprint density at radius 2 is 1.63 bits per heavy atom. The summed E-state index contributed by atoms with van der Waals surface area (Å²) in [5.74, 6) is 0.0595. The first kappa shape index (κ1) is 25.9. The number of aromatic nitrogens is 1. The number of carbonyl (C=O) groups excluding carboxylic acids is 1. The van der Waals surface area contributed by atoms with E-state index in [0.29, 0.717) is 32.9 Å². The van der Waals surface area contributed by atoms with Crippen molar-refractivity contribution in [3.8, 4) is 5.75 Å². The number of hydrazone groups is 1. The van der Waals surface area contributed by atoms with Crippen molar-refractivity contribution in [2.45, 2.75) is 13.2 Å². The minimum atomic E-state index is -0.382. The number of hydrogen-bond acceptors (Lipinski definition) is 3. The standard InChI is InChI=1S/C30H22Cl3N3O2/c31-23-14-13-20(27(33)15-23)17-36-18-22(24-8-2-5-11-28(24)36)16-34-35-30(37)25-9-3-6-12-29(25)38-19-21-7-1-4-10-26(21)32/h1-16,18H,17,19H2,(H,35,37)/b34-16+. The minimum Gasteiger partial charge on any atom is -0.488 e. The summed E-state index contributed by atoms with van der Waals surface area (Å²) in [6, 6.07) is 27.9. The molecule has 0 aliphatic rings. The highest BCUT2D eigenvalue weighted by atomic mass is 35.5. The molecule has 0 saturated carbocycles. The van der Waals surface area contributed by atoms with Crippen LogP contribution in [-0.2, 0) is 13.2 Å². The predicted molar refractivity (Wildman–Crippen MR) is 155 cm³/mol. The van der Waals surface area contributed by atoms with Crippen molar-refractivity contribution in [1.29, 1.82) is 0 Å². The second-order valence-corrected chi connectivity index (χ2v) is 9.79. The second-order valence-electron chi connectivity index (χ2n) is 8.54. The summed E-state index contributed by atoms with van der Waals surface area (Å²) in [5, 5.41) is 7.04. The van der Waals surface area contributed by atoms with E-state index in [-0.39, 0.29) is 12.5 Å². The van der Waals surface area contributed by atoms with Crippen LogP contribution < -0.4 is 10.2 Å². The molecule has 0 fully saturated rings. The maximum absolute atomic E-state index is 12.9. The van der Waals surface area contributed by atoms with Gasteiger partial charge >= 0.3 is 0 Å². The molecule has 1 aromatic heterocycles. The highest BCUT2D eigenvalue weighted by Gasteiger charge is 2.13. The fourth-order valence-corrected chi connectivity index (χ4v) is 4.77. The maximum Gasteiger partial charge on any atom is 0.275 e. The van der Waals surface area contributed by atoms with E-state index in [4.69, 9.17) is 39.5 Å². The Balaban J connectivity index is 1.32. The number of benzene rings is 4. The fraction of sp³-hybridized carbons (Fsp3) is 0.0667. The average molecular weight is 563 g/mol. The van der Waals surface area contributed by atoms with Crippen LogP contribution in [0.25, 0.3) is 10.9 Å². The van der Waals surface area contributed by atoms with Crippen molar-refractivity contribution >= 4 is 57.8 Å². The number of hydrogen-bond donors (Lipinski definition) is 1.